The number of halogens is 1. The van der Waals surface area contributed by atoms with E-state index in [1.54, 1.807) is 12.1 Å². The summed E-state index contributed by atoms with van der Waals surface area (Å²) < 4.78 is 19.5. The van der Waals surface area contributed by atoms with Gasteiger partial charge in [-0.05, 0) is 37.5 Å². The quantitative estimate of drug-likeness (QED) is 0.793. The third-order valence-electron chi connectivity index (χ3n) is 5.07. The summed E-state index contributed by atoms with van der Waals surface area (Å²) in [5.41, 5.74) is 3.14. The smallest absolute Gasteiger partial charge is 0.414 e. The van der Waals surface area contributed by atoms with E-state index in [1.807, 2.05) is 0 Å². The van der Waals surface area contributed by atoms with Crippen LogP contribution < -0.4 is 15.6 Å². The number of anilines is 1. The largest absolute Gasteiger partial charge is 0.442 e. The van der Waals surface area contributed by atoms with Crippen LogP contribution in [0.15, 0.2) is 23.3 Å². The zero-order valence-electron chi connectivity index (χ0n) is 15.2. The minimum absolute atomic E-state index is 0.130. The zero-order chi connectivity index (χ0) is 19.9. The highest BCUT2D eigenvalue weighted by molar-refractivity contribution is 8.16. The van der Waals surface area contributed by atoms with Gasteiger partial charge in [-0.1, -0.05) is 11.8 Å². The molecule has 2 heterocycles. The van der Waals surface area contributed by atoms with Crippen molar-refractivity contribution in [3.8, 4) is 0 Å². The molecule has 0 aromatic heterocycles. The first-order valence-corrected chi connectivity index (χ1v) is 9.79. The van der Waals surface area contributed by atoms with Gasteiger partial charge in [-0.15, -0.1) is 0 Å². The number of ether oxygens (including phenoxy) is 1. The van der Waals surface area contributed by atoms with Gasteiger partial charge >= 0.3 is 6.09 Å². The summed E-state index contributed by atoms with van der Waals surface area (Å²) in [6.45, 7) is 1.80. The number of nitrogens with one attached hydrogen (secondary N) is 2. The fourth-order valence-electron chi connectivity index (χ4n) is 3.34. The van der Waals surface area contributed by atoms with Crippen LogP contribution in [-0.4, -0.2) is 46.9 Å². The van der Waals surface area contributed by atoms with E-state index < -0.39 is 22.8 Å². The lowest BCUT2D eigenvalue weighted by Crippen LogP contribution is -2.51. The molecule has 1 aliphatic carbocycles. The van der Waals surface area contributed by atoms with Crippen molar-refractivity contribution >= 4 is 40.4 Å². The minimum Gasteiger partial charge on any atom is -0.442 e. The molecule has 8 nitrogen and oxygen atoms in total. The summed E-state index contributed by atoms with van der Waals surface area (Å²) in [5, 5.41) is 7.03. The lowest BCUT2D eigenvalue weighted by atomic mass is 9.83. The summed E-state index contributed by atoms with van der Waals surface area (Å²) >= 11 is 1.30. The van der Waals surface area contributed by atoms with Gasteiger partial charge < -0.3 is 10.1 Å². The first kappa shape index (κ1) is 18.7. The topological polar surface area (TPSA) is 100 Å². The molecule has 2 fully saturated rings. The van der Waals surface area contributed by atoms with E-state index in [1.165, 1.54) is 29.7 Å². The number of hydrogen-bond donors (Lipinski definition) is 2. The number of carbonyl (C=O) groups is 3. The fourth-order valence-corrected chi connectivity index (χ4v) is 4.71. The number of amides is 3. The maximum atomic E-state index is 14.8. The van der Waals surface area contributed by atoms with Crippen molar-refractivity contribution in [2.75, 3.05) is 18.0 Å². The number of rotatable bonds is 4. The molecule has 1 aromatic rings. The fraction of sp³-hybridized carbons (Fsp3) is 0.444. The maximum absolute atomic E-state index is 14.8. The van der Waals surface area contributed by atoms with Crippen LogP contribution in [0.25, 0.3) is 0 Å². The Labute approximate surface area is 164 Å². The van der Waals surface area contributed by atoms with Crippen molar-refractivity contribution in [2.45, 2.75) is 37.0 Å². The van der Waals surface area contributed by atoms with E-state index in [2.05, 4.69) is 15.8 Å². The van der Waals surface area contributed by atoms with Crippen LogP contribution in [0.3, 0.4) is 0 Å². The second-order valence-electron chi connectivity index (χ2n) is 7.03. The van der Waals surface area contributed by atoms with E-state index in [-0.39, 0.29) is 30.5 Å². The first-order chi connectivity index (χ1) is 13.4. The molecule has 2 aliphatic heterocycles. The molecule has 1 atom stereocenters. The standard InChI is InChI=1S/C18H19FN4O4S/c1-10(24)20-8-12-9-23(17(26)27-12)11-3-4-13(14(19)7-11)15-21-22-16(25)18(28-15)5-2-6-18/h3-4,7,12H,2,5-6,8-9H2,1H3,(H,20,24)(H,22,25). The monoisotopic (exact) mass is 406 g/mol. The highest BCUT2D eigenvalue weighted by atomic mass is 32.2. The second kappa shape index (κ2) is 7.08. The van der Waals surface area contributed by atoms with Gasteiger partial charge in [0.1, 0.15) is 21.7 Å². The Morgan fingerprint density at radius 1 is 1.46 bits per heavy atom. The van der Waals surface area contributed by atoms with Gasteiger partial charge in [-0.2, -0.15) is 5.10 Å². The number of thioether (sulfide) groups is 1. The van der Waals surface area contributed by atoms with Gasteiger partial charge in [-0.25, -0.2) is 14.6 Å². The first-order valence-electron chi connectivity index (χ1n) is 8.98. The van der Waals surface area contributed by atoms with Gasteiger partial charge in [0.15, 0.2) is 0 Å². The summed E-state index contributed by atoms with van der Waals surface area (Å²) in [7, 11) is 0. The molecule has 1 spiro atoms. The van der Waals surface area contributed by atoms with Crippen LogP contribution in [0, 0.1) is 5.82 Å². The molecular formula is C18H19FN4O4S. The van der Waals surface area contributed by atoms with Crippen molar-refractivity contribution in [2.24, 2.45) is 5.10 Å². The van der Waals surface area contributed by atoms with E-state index in [0.717, 1.165) is 19.3 Å². The third-order valence-corrected chi connectivity index (χ3v) is 6.56. The predicted octanol–water partition coefficient (Wildman–Crippen LogP) is 1.73. The Balaban J connectivity index is 1.50. The van der Waals surface area contributed by atoms with Crippen molar-refractivity contribution in [3.63, 3.8) is 0 Å². The van der Waals surface area contributed by atoms with Crippen LogP contribution in [0.4, 0.5) is 14.9 Å². The summed E-state index contributed by atoms with van der Waals surface area (Å²) in [6, 6.07) is 4.42. The van der Waals surface area contributed by atoms with Crippen molar-refractivity contribution in [3.05, 3.63) is 29.6 Å². The Morgan fingerprint density at radius 3 is 2.89 bits per heavy atom. The van der Waals surface area contributed by atoms with Gasteiger partial charge in [0, 0.05) is 12.5 Å². The van der Waals surface area contributed by atoms with E-state index >= 15 is 0 Å². The molecule has 0 bridgehead atoms. The normalized spacial score (nSPS) is 23.0. The molecule has 1 saturated heterocycles. The molecule has 1 aromatic carbocycles. The number of cyclic esters (lactones) is 1. The molecule has 3 aliphatic rings. The number of benzene rings is 1. The highest BCUT2D eigenvalue weighted by Crippen LogP contribution is 2.47. The molecule has 148 valence electrons. The van der Waals surface area contributed by atoms with Crippen LogP contribution in [0.2, 0.25) is 0 Å². The van der Waals surface area contributed by atoms with Gasteiger partial charge in [0.25, 0.3) is 5.91 Å². The van der Waals surface area contributed by atoms with E-state index in [4.69, 9.17) is 4.74 Å². The Hall–Kier alpha value is -2.62. The molecule has 10 heteroatoms. The zero-order valence-corrected chi connectivity index (χ0v) is 16.0. The second-order valence-corrected chi connectivity index (χ2v) is 8.40. The SMILES string of the molecule is CC(=O)NCC1CN(c2ccc(C3=NNC(=O)C4(CCC4)S3)c(F)c2)C(=O)O1. The highest BCUT2D eigenvalue weighted by Gasteiger charge is 2.48. The van der Waals surface area contributed by atoms with Crippen molar-refractivity contribution in [1.82, 2.24) is 10.7 Å². The van der Waals surface area contributed by atoms with Crippen LogP contribution in [-0.2, 0) is 14.3 Å². The van der Waals surface area contributed by atoms with Gasteiger partial charge in [0.05, 0.1) is 18.8 Å². The van der Waals surface area contributed by atoms with Crippen molar-refractivity contribution < 1.29 is 23.5 Å². The molecule has 28 heavy (non-hydrogen) atoms. The Bertz CT molecular complexity index is 886. The maximum Gasteiger partial charge on any atom is 0.414 e. The molecule has 1 unspecified atom stereocenters. The third kappa shape index (κ3) is 3.32. The molecule has 2 N–H and O–H groups in total. The molecular weight excluding hydrogens is 387 g/mol. The van der Waals surface area contributed by atoms with E-state index in [9.17, 15) is 18.8 Å². The molecule has 1 saturated carbocycles. The number of hydrogen-bond acceptors (Lipinski definition) is 6. The van der Waals surface area contributed by atoms with Crippen LogP contribution >= 0.6 is 11.8 Å². The Kier molecular flexibility index (Phi) is 4.74. The number of hydrazone groups is 1. The van der Waals surface area contributed by atoms with Crippen LogP contribution in [0.1, 0.15) is 31.7 Å². The molecule has 3 amide bonds. The van der Waals surface area contributed by atoms with Gasteiger partial charge in [0.2, 0.25) is 5.91 Å². The summed E-state index contributed by atoms with van der Waals surface area (Å²) in [6.07, 6.45) is 1.37. The number of nitrogens with zero attached hydrogens (tertiary/aromatic N) is 2. The average molecular weight is 406 g/mol. The lowest BCUT2D eigenvalue weighted by Gasteiger charge is -2.41. The minimum atomic E-state index is -0.590. The van der Waals surface area contributed by atoms with Gasteiger partial charge in [-0.3, -0.25) is 14.5 Å². The lowest BCUT2D eigenvalue weighted by molar-refractivity contribution is -0.125. The van der Waals surface area contributed by atoms with Crippen LogP contribution in [0.5, 0.6) is 0 Å². The molecule has 0 radical (unpaired) electrons. The van der Waals surface area contributed by atoms with Crippen molar-refractivity contribution in [1.29, 1.82) is 0 Å². The molecule has 4 rings (SSSR count). The summed E-state index contributed by atoms with van der Waals surface area (Å²) in [5.74, 6) is -0.881. The predicted molar refractivity (Wildman–Crippen MR) is 102 cm³/mol. The Morgan fingerprint density at radius 2 is 2.25 bits per heavy atom. The van der Waals surface area contributed by atoms with E-state index in [0.29, 0.717) is 10.7 Å². The average Bonchev–Trinajstić information content (AvgIpc) is 3.00. The summed E-state index contributed by atoms with van der Waals surface area (Å²) in [4.78, 5) is 36.4. The number of carbonyl (C=O) groups excluding carboxylic acids is 3.